The van der Waals surface area contributed by atoms with E-state index in [9.17, 15) is 8.42 Å². The Morgan fingerprint density at radius 3 is 2.95 bits per heavy atom. The minimum atomic E-state index is -3.15. The normalized spacial score (nSPS) is 20.6. The molecule has 0 amide bonds. The van der Waals surface area contributed by atoms with Crippen LogP contribution in [0.25, 0.3) is 0 Å². The highest BCUT2D eigenvalue weighted by molar-refractivity contribution is 7.90. The Bertz CT molecular complexity index is 526. The number of rotatable bonds is 7. The topological polar surface area (TPSA) is 67.2 Å². The van der Waals surface area contributed by atoms with Crippen molar-refractivity contribution in [2.45, 2.75) is 45.0 Å². The summed E-state index contributed by atoms with van der Waals surface area (Å²) in [5.41, 5.74) is 1.15. The predicted octanol–water partition coefficient (Wildman–Crippen LogP) is 0.807. The number of sulfonamides is 1. The molecular weight excluding hydrogens is 276 g/mol. The van der Waals surface area contributed by atoms with Gasteiger partial charge in [-0.2, -0.15) is 5.10 Å². The van der Waals surface area contributed by atoms with E-state index in [1.807, 2.05) is 17.8 Å². The van der Waals surface area contributed by atoms with Crippen molar-refractivity contribution in [2.24, 2.45) is 0 Å². The summed E-state index contributed by atoms with van der Waals surface area (Å²) in [4.78, 5) is 2.19. The third-order valence-electron chi connectivity index (χ3n) is 3.56. The van der Waals surface area contributed by atoms with Gasteiger partial charge in [0.2, 0.25) is 10.0 Å². The van der Waals surface area contributed by atoms with Crippen molar-refractivity contribution in [3.8, 4) is 0 Å². The van der Waals surface area contributed by atoms with Crippen LogP contribution in [0.15, 0.2) is 12.4 Å². The Hall–Kier alpha value is -0.920. The zero-order chi connectivity index (χ0) is 14.6. The number of nitrogens with zero attached hydrogens (tertiary/aromatic N) is 3. The molecule has 7 heteroatoms. The van der Waals surface area contributed by atoms with Crippen LogP contribution < -0.4 is 4.72 Å². The summed E-state index contributed by atoms with van der Waals surface area (Å²) < 4.78 is 28.5. The van der Waals surface area contributed by atoms with E-state index in [1.165, 1.54) is 0 Å². The van der Waals surface area contributed by atoms with E-state index < -0.39 is 10.0 Å². The molecule has 1 aromatic rings. The highest BCUT2D eigenvalue weighted by Gasteiger charge is 2.32. The Morgan fingerprint density at radius 2 is 2.25 bits per heavy atom. The van der Waals surface area contributed by atoms with Crippen molar-refractivity contribution < 1.29 is 8.42 Å². The fourth-order valence-electron chi connectivity index (χ4n) is 2.61. The molecule has 6 nitrogen and oxygen atoms in total. The molecule has 1 aliphatic heterocycles. The molecule has 2 rings (SSSR count). The molecule has 1 saturated heterocycles. The summed E-state index contributed by atoms with van der Waals surface area (Å²) in [6.07, 6.45) is 5.70. The second-order valence-electron chi connectivity index (χ2n) is 5.30. The van der Waals surface area contributed by atoms with Gasteiger partial charge in [-0.15, -0.1) is 0 Å². The van der Waals surface area contributed by atoms with Crippen LogP contribution in [0.1, 0.15) is 32.3 Å². The van der Waals surface area contributed by atoms with Gasteiger partial charge >= 0.3 is 0 Å². The smallest absolute Gasteiger partial charge is 0.215 e. The van der Waals surface area contributed by atoms with Crippen LogP contribution in [0.5, 0.6) is 0 Å². The number of nitrogens with one attached hydrogen (secondary N) is 1. The molecule has 0 saturated carbocycles. The highest BCUT2D eigenvalue weighted by Crippen LogP contribution is 2.18. The fourth-order valence-corrected chi connectivity index (χ4v) is 4.07. The minimum absolute atomic E-state index is 0.284. The predicted molar refractivity (Wildman–Crippen MR) is 78.8 cm³/mol. The minimum Gasteiger partial charge on any atom is -0.298 e. The van der Waals surface area contributed by atoms with E-state index in [-0.39, 0.29) is 5.25 Å². The Morgan fingerprint density at radius 1 is 1.45 bits per heavy atom. The van der Waals surface area contributed by atoms with Crippen LogP contribution in [0.2, 0.25) is 0 Å². The van der Waals surface area contributed by atoms with Gasteiger partial charge < -0.3 is 0 Å². The molecule has 0 bridgehead atoms. The molecule has 1 unspecified atom stereocenters. The molecule has 2 heterocycles. The van der Waals surface area contributed by atoms with Crippen molar-refractivity contribution in [1.29, 1.82) is 0 Å². The lowest BCUT2D eigenvalue weighted by Crippen LogP contribution is -2.36. The first-order valence-corrected chi connectivity index (χ1v) is 8.82. The van der Waals surface area contributed by atoms with Gasteiger partial charge in [-0.05, 0) is 19.4 Å². The molecule has 0 aliphatic carbocycles. The quantitative estimate of drug-likeness (QED) is 0.809. The molecular formula is C13H24N4O2S. The maximum absolute atomic E-state index is 12.0. The second-order valence-corrected chi connectivity index (χ2v) is 7.35. The lowest BCUT2D eigenvalue weighted by Gasteiger charge is -2.15. The SMILES string of the molecule is CCCn1cc(CN2CCC(S(=O)(=O)NCC)C2)cn1. The van der Waals surface area contributed by atoms with Gasteiger partial charge in [0.25, 0.3) is 0 Å². The molecule has 20 heavy (non-hydrogen) atoms. The summed E-state index contributed by atoms with van der Waals surface area (Å²) in [5, 5.41) is 4.02. The molecule has 0 radical (unpaired) electrons. The summed E-state index contributed by atoms with van der Waals surface area (Å²) in [6.45, 7) is 7.54. The zero-order valence-electron chi connectivity index (χ0n) is 12.2. The number of hydrogen-bond donors (Lipinski definition) is 1. The van der Waals surface area contributed by atoms with Gasteiger partial charge in [-0.1, -0.05) is 13.8 Å². The Kier molecular flexibility index (Phi) is 5.17. The van der Waals surface area contributed by atoms with Gasteiger partial charge in [-0.25, -0.2) is 13.1 Å². The molecule has 1 aliphatic rings. The van der Waals surface area contributed by atoms with E-state index in [2.05, 4.69) is 27.8 Å². The lowest BCUT2D eigenvalue weighted by atomic mass is 10.3. The van der Waals surface area contributed by atoms with Crippen molar-refractivity contribution >= 4 is 10.0 Å². The van der Waals surface area contributed by atoms with E-state index >= 15 is 0 Å². The van der Waals surface area contributed by atoms with Gasteiger partial charge in [0.1, 0.15) is 0 Å². The summed E-state index contributed by atoms with van der Waals surface area (Å²) in [6, 6.07) is 0. The van der Waals surface area contributed by atoms with Crippen LogP contribution in [0.4, 0.5) is 0 Å². The van der Waals surface area contributed by atoms with Crippen LogP contribution in [0, 0.1) is 0 Å². The third-order valence-corrected chi connectivity index (χ3v) is 5.51. The maximum atomic E-state index is 12.0. The van der Waals surface area contributed by atoms with Gasteiger partial charge in [0.15, 0.2) is 0 Å². The third kappa shape index (κ3) is 3.80. The maximum Gasteiger partial charge on any atom is 0.215 e. The van der Waals surface area contributed by atoms with E-state index in [0.29, 0.717) is 19.5 Å². The molecule has 114 valence electrons. The first-order chi connectivity index (χ1) is 9.55. The fraction of sp³-hybridized carbons (Fsp3) is 0.769. The second kappa shape index (κ2) is 6.69. The number of aromatic nitrogens is 2. The van der Waals surface area contributed by atoms with Gasteiger partial charge in [0.05, 0.1) is 11.4 Å². The Balaban J connectivity index is 1.89. The highest BCUT2D eigenvalue weighted by atomic mass is 32.2. The van der Waals surface area contributed by atoms with E-state index in [1.54, 1.807) is 0 Å². The zero-order valence-corrected chi connectivity index (χ0v) is 13.1. The summed E-state index contributed by atoms with van der Waals surface area (Å²) >= 11 is 0. The van der Waals surface area contributed by atoms with Crippen LogP contribution in [0.3, 0.4) is 0 Å². The van der Waals surface area contributed by atoms with Crippen molar-refractivity contribution in [1.82, 2.24) is 19.4 Å². The average Bonchev–Trinajstić information content (AvgIpc) is 3.00. The first-order valence-electron chi connectivity index (χ1n) is 7.27. The van der Waals surface area contributed by atoms with Crippen LogP contribution in [-0.2, 0) is 23.1 Å². The van der Waals surface area contributed by atoms with Gasteiger partial charge in [-0.3, -0.25) is 9.58 Å². The monoisotopic (exact) mass is 300 g/mol. The lowest BCUT2D eigenvalue weighted by molar-refractivity contribution is 0.331. The standard InChI is InChI=1S/C13H24N4O2S/c1-3-6-17-10-12(8-14-17)9-16-7-5-13(11-16)20(18,19)15-4-2/h8,10,13,15H,3-7,9,11H2,1-2H3. The average molecular weight is 300 g/mol. The number of likely N-dealkylation sites (tertiary alicyclic amines) is 1. The molecule has 1 fully saturated rings. The van der Waals surface area contributed by atoms with E-state index in [4.69, 9.17) is 0 Å². The Labute approximate surface area is 121 Å². The van der Waals surface area contributed by atoms with Gasteiger partial charge in [0, 0.05) is 37.9 Å². The molecule has 0 aromatic carbocycles. The molecule has 0 spiro atoms. The summed E-state index contributed by atoms with van der Waals surface area (Å²) in [5.74, 6) is 0. The first kappa shape index (κ1) is 15.5. The molecule has 1 atom stereocenters. The van der Waals surface area contributed by atoms with Crippen molar-refractivity contribution in [3.05, 3.63) is 18.0 Å². The van der Waals surface area contributed by atoms with Crippen LogP contribution >= 0.6 is 0 Å². The largest absolute Gasteiger partial charge is 0.298 e. The van der Waals surface area contributed by atoms with Crippen molar-refractivity contribution in [3.63, 3.8) is 0 Å². The van der Waals surface area contributed by atoms with E-state index in [0.717, 1.165) is 31.6 Å². The van der Waals surface area contributed by atoms with Crippen molar-refractivity contribution in [2.75, 3.05) is 19.6 Å². The van der Waals surface area contributed by atoms with Crippen LogP contribution in [-0.4, -0.2) is 48.0 Å². The molecule has 1 aromatic heterocycles. The number of aryl methyl sites for hydroxylation is 1. The number of hydrogen-bond acceptors (Lipinski definition) is 4. The summed E-state index contributed by atoms with van der Waals surface area (Å²) in [7, 11) is -3.15. The molecule has 1 N–H and O–H groups in total.